The molecule has 1 aliphatic heterocycles. The highest BCUT2D eigenvalue weighted by atomic mass is 19.4. The van der Waals surface area contributed by atoms with E-state index in [1.165, 1.54) is 7.11 Å². The predicted molar refractivity (Wildman–Crippen MR) is 96.9 cm³/mol. The van der Waals surface area contributed by atoms with Crippen molar-refractivity contribution < 1.29 is 22.7 Å². The second-order valence-electron chi connectivity index (χ2n) is 8.27. The van der Waals surface area contributed by atoms with Crippen LogP contribution in [0, 0.1) is 23.7 Å². The first-order valence-electron chi connectivity index (χ1n) is 9.70. The smallest absolute Gasteiger partial charge is 0.433 e. The van der Waals surface area contributed by atoms with Gasteiger partial charge in [0.05, 0.1) is 7.11 Å². The van der Waals surface area contributed by atoms with E-state index in [1.807, 2.05) is 11.8 Å². The molecule has 28 heavy (non-hydrogen) atoms. The summed E-state index contributed by atoms with van der Waals surface area (Å²) >= 11 is 0. The minimum Gasteiger partial charge on any atom is -0.469 e. The summed E-state index contributed by atoms with van der Waals surface area (Å²) in [6.45, 7) is 3.23. The van der Waals surface area contributed by atoms with Crippen LogP contribution in [0.1, 0.15) is 31.9 Å². The third-order valence-electron chi connectivity index (χ3n) is 6.55. The first kappa shape index (κ1) is 19.3. The van der Waals surface area contributed by atoms with Crippen molar-refractivity contribution >= 4 is 17.7 Å². The number of carbonyl (C=O) groups is 1. The average Bonchev–Trinajstić information content (AvgIpc) is 3.57. The summed E-state index contributed by atoms with van der Waals surface area (Å²) < 4.78 is 45.0. The van der Waals surface area contributed by atoms with Gasteiger partial charge >= 0.3 is 12.1 Å². The molecule has 0 amide bonds. The molecule has 0 N–H and O–H groups in total. The molecule has 0 spiro atoms. The van der Waals surface area contributed by atoms with E-state index in [2.05, 4.69) is 9.97 Å². The molecule has 4 atom stereocenters. The van der Waals surface area contributed by atoms with E-state index in [4.69, 9.17) is 4.74 Å². The summed E-state index contributed by atoms with van der Waals surface area (Å²) in [5.74, 6) is 1.59. The van der Waals surface area contributed by atoms with Gasteiger partial charge in [-0.15, -0.1) is 0 Å². The van der Waals surface area contributed by atoms with Crippen LogP contribution in [0.4, 0.5) is 24.9 Å². The van der Waals surface area contributed by atoms with Crippen LogP contribution in [-0.4, -0.2) is 49.2 Å². The van der Waals surface area contributed by atoms with Crippen molar-refractivity contribution in [1.82, 2.24) is 9.97 Å². The third kappa shape index (κ3) is 3.63. The van der Waals surface area contributed by atoms with Crippen molar-refractivity contribution in [1.29, 1.82) is 0 Å². The van der Waals surface area contributed by atoms with E-state index in [-0.39, 0.29) is 23.9 Å². The van der Waals surface area contributed by atoms with Gasteiger partial charge in [0.15, 0.2) is 5.69 Å². The van der Waals surface area contributed by atoms with Gasteiger partial charge in [0.2, 0.25) is 5.95 Å². The van der Waals surface area contributed by atoms with E-state index in [0.717, 1.165) is 18.9 Å². The van der Waals surface area contributed by atoms with Crippen LogP contribution in [0.25, 0.3) is 0 Å². The summed E-state index contributed by atoms with van der Waals surface area (Å²) in [5.41, 5.74) is -0.908. The molecule has 9 heteroatoms. The molecule has 1 saturated heterocycles. The molecule has 2 saturated carbocycles. The van der Waals surface area contributed by atoms with Crippen molar-refractivity contribution in [2.45, 2.75) is 38.4 Å². The number of nitrogens with zero attached hydrogens (tertiary/aromatic N) is 4. The standard InChI is InChI=1S/C19H25F3N4O2/c1-10(11-4-5-11)25(2)18-23-15(19(20,21)22)7-16(24-18)26-8-13-12(14(13)9-26)6-17(27)28-3/h7,10-14H,4-6,8-9H2,1-3H3/t10-,12-,13-,14+/m0/s1. The SMILES string of the molecule is COC(=O)C[C@@H]1[C@H]2CN(c3cc(C(F)(F)F)nc(N(C)[C@@H](C)C4CC4)n3)C[C@@H]12. The second-order valence-corrected chi connectivity index (χ2v) is 8.27. The van der Waals surface area contributed by atoms with Gasteiger partial charge in [0.1, 0.15) is 5.82 Å². The Kier molecular flexibility index (Phi) is 4.66. The number of carbonyl (C=O) groups excluding carboxylic acids is 1. The summed E-state index contributed by atoms with van der Waals surface area (Å²) in [7, 11) is 3.13. The van der Waals surface area contributed by atoms with Crippen LogP contribution >= 0.6 is 0 Å². The molecule has 0 aromatic carbocycles. The number of halogens is 3. The Bertz CT molecular complexity index is 756. The lowest BCUT2D eigenvalue weighted by Crippen LogP contribution is -2.34. The zero-order chi connectivity index (χ0) is 20.2. The van der Waals surface area contributed by atoms with Crippen LogP contribution in [0.5, 0.6) is 0 Å². The highest BCUT2D eigenvalue weighted by molar-refractivity contribution is 5.70. The van der Waals surface area contributed by atoms with Gasteiger partial charge < -0.3 is 14.5 Å². The van der Waals surface area contributed by atoms with Crippen molar-refractivity contribution in [2.24, 2.45) is 23.7 Å². The molecule has 4 rings (SSSR count). The largest absolute Gasteiger partial charge is 0.469 e. The van der Waals surface area contributed by atoms with Crippen LogP contribution in [0.2, 0.25) is 0 Å². The lowest BCUT2D eigenvalue weighted by Gasteiger charge is -2.28. The van der Waals surface area contributed by atoms with Crippen molar-refractivity contribution in [3.8, 4) is 0 Å². The van der Waals surface area contributed by atoms with E-state index >= 15 is 0 Å². The molecule has 0 unspecified atom stereocenters. The van der Waals surface area contributed by atoms with Crippen molar-refractivity contribution in [3.63, 3.8) is 0 Å². The lowest BCUT2D eigenvalue weighted by atomic mass is 10.2. The lowest BCUT2D eigenvalue weighted by molar-refractivity contribution is -0.142. The quantitative estimate of drug-likeness (QED) is 0.687. The van der Waals surface area contributed by atoms with E-state index in [0.29, 0.717) is 43.1 Å². The van der Waals surface area contributed by atoms with E-state index in [9.17, 15) is 18.0 Å². The summed E-state index contributed by atoms with van der Waals surface area (Å²) in [6.07, 6.45) is -1.96. The maximum Gasteiger partial charge on any atom is 0.433 e. The molecule has 1 aromatic rings. The van der Waals surface area contributed by atoms with Crippen LogP contribution < -0.4 is 9.80 Å². The Labute approximate surface area is 162 Å². The van der Waals surface area contributed by atoms with E-state index < -0.39 is 11.9 Å². The number of fused-ring (bicyclic) bond motifs is 1. The summed E-state index contributed by atoms with van der Waals surface area (Å²) in [6, 6.07) is 1.15. The van der Waals surface area contributed by atoms with Crippen molar-refractivity contribution in [3.05, 3.63) is 11.8 Å². The number of rotatable bonds is 6. The summed E-state index contributed by atoms with van der Waals surface area (Å²) in [5, 5.41) is 0. The number of esters is 1. The molecule has 1 aromatic heterocycles. The molecular weight excluding hydrogens is 373 g/mol. The molecule has 3 fully saturated rings. The number of piperidine rings is 1. The molecule has 6 nitrogen and oxygen atoms in total. The van der Waals surface area contributed by atoms with Crippen LogP contribution in [-0.2, 0) is 15.7 Å². The number of hydrogen-bond acceptors (Lipinski definition) is 6. The number of hydrogen-bond donors (Lipinski definition) is 0. The molecular formula is C19H25F3N4O2. The highest BCUT2D eigenvalue weighted by Crippen LogP contribution is 2.54. The average molecular weight is 398 g/mol. The molecule has 0 bridgehead atoms. The zero-order valence-electron chi connectivity index (χ0n) is 16.2. The Morgan fingerprint density at radius 3 is 2.50 bits per heavy atom. The van der Waals surface area contributed by atoms with Gasteiger partial charge in [-0.2, -0.15) is 18.2 Å². The van der Waals surface area contributed by atoms with Gasteiger partial charge in [0.25, 0.3) is 0 Å². The number of aromatic nitrogens is 2. The highest BCUT2D eigenvalue weighted by Gasteiger charge is 2.56. The Morgan fingerprint density at radius 2 is 1.96 bits per heavy atom. The van der Waals surface area contributed by atoms with E-state index in [1.54, 1.807) is 11.9 Å². The molecule has 2 heterocycles. The Morgan fingerprint density at radius 1 is 1.32 bits per heavy atom. The number of ether oxygens (including phenoxy) is 1. The fraction of sp³-hybridized carbons (Fsp3) is 0.737. The second kappa shape index (κ2) is 6.77. The van der Waals surface area contributed by atoms with Gasteiger partial charge in [-0.05, 0) is 43.4 Å². The Balaban J connectivity index is 1.53. The number of alkyl halides is 3. The topological polar surface area (TPSA) is 58.6 Å². The predicted octanol–water partition coefficient (Wildman–Crippen LogP) is 2.98. The maximum atomic E-state index is 13.4. The first-order valence-corrected chi connectivity index (χ1v) is 9.70. The van der Waals surface area contributed by atoms with Gasteiger partial charge in [-0.25, -0.2) is 4.98 Å². The molecule has 0 radical (unpaired) electrons. The zero-order valence-corrected chi connectivity index (χ0v) is 16.2. The molecule has 2 aliphatic carbocycles. The summed E-state index contributed by atoms with van der Waals surface area (Å²) in [4.78, 5) is 23.4. The third-order valence-corrected chi connectivity index (χ3v) is 6.55. The minimum atomic E-state index is -4.52. The number of methoxy groups -OCH3 is 1. The van der Waals surface area contributed by atoms with Crippen LogP contribution in [0.3, 0.4) is 0 Å². The Hall–Kier alpha value is -2.06. The fourth-order valence-corrected chi connectivity index (χ4v) is 4.38. The number of anilines is 2. The minimum absolute atomic E-state index is 0.104. The molecule has 154 valence electrons. The maximum absolute atomic E-state index is 13.4. The monoisotopic (exact) mass is 398 g/mol. The fourth-order valence-electron chi connectivity index (χ4n) is 4.38. The normalized spacial score (nSPS) is 27.4. The molecule has 3 aliphatic rings. The van der Waals surface area contributed by atoms with Gasteiger partial charge in [-0.3, -0.25) is 4.79 Å². The van der Waals surface area contributed by atoms with Gasteiger partial charge in [0, 0.05) is 38.7 Å². The first-order chi connectivity index (χ1) is 13.2. The van der Waals surface area contributed by atoms with Gasteiger partial charge in [-0.1, -0.05) is 0 Å². The van der Waals surface area contributed by atoms with Crippen molar-refractivity contribution in [2.75, 3.05) is 37.0 Å². The van der Waals surface area contributed by atoms with Crippen LogP contribution in [0.15, 0.2) is 6.07 Å².